The second kappa shape index (κ2) is 5.20. The lowest BCUT2D eigenvalue weighted by atomic mass is 9.80. The molecule has 0 amide bonds. The Kier molecular flexibility index (Phi) is 4.40. The van der Waals surface area contributed by atoms with Gasteiger partial charge in [0.2, 0.25) is 0 Å². The topological polar surface area (TPSA) is 29.5 Å². The Labute approximate surface area is 119 Å². The minimum Gasteiger partial charge on any atom is -0.540 e. The van der Waals surface area contributed by atoms with E-state index in [2.05, 4.69) is 60.7 Å². The fourth-order valence-corrected chi connectivity index (χ4v) is 2.54. The van der Waals surface area contributed by atoms with Gasteiger partial charge in [-0.3, -0.25) is 0 Å². The highest BCUT2D eigenvalue weighted by Crippen LogP contribution is 2.41. The third-order valence-electron chi connectivity index (χ3n) is 3.05. The number of phenols is 1. The molecule has 0 spiro atoms. The van der Waals surface area contributed by atoms with Crippen LogP contribution in [0.3, 0.4) is 0 Å². The lowest BCUT2D eigenvalue weighted by Gasteiger charge is -2.28. The molecular weight excluding hydrogens is 252 g/mol. The van der Waals surface area contributed by atoms with Gasteiger partial charge in [-0.1, -0.05) is 47.6 Å². The molecule has 0 unspecified atom stereocenters. The minimum absolute atomic E-state index is 0.0161. The molecular formula is C16H27O2Si. The minimum atomic E-state index is -0.898. The maximum atomic E-state index is 10.3. The molecule has 0 bridgehead atoms. The van der Waals surface area contributed by atoms with E-state index in [4.69, 9.17) is 4.43 Å². The first-order chi connectivity index (χ1) is 8.43. The zero-order valence-corrected chi connectivity index (χ0v) is 14.5. The van der Waals surface area contributed by atoms with Gasteiger partial charge in [0.15, 0.2) is 5.75 Å². The summed E-state index contributed by atoms with van der Waals surface area (Å²) in [5, 5.41) is 10.3. The molecule has 1 N–H and O–H groups in total. The second-order valence-corrected chi connectivity index (χ2v) is 9.40. The van der Waals surface area contributed by atoms with Crippen LogP contribution in [0.5, 0.6) is 11.5 Å². The number of rotatable bonds is 2. The molecule has 1 aromatic carbocycles. The van der Waals surface area contributed by atoms with Crippen LogP contribution in [0.1, 0.15) is 52.7 Å². The first-order valence-corrected chi connectivity index (χ1v) is 9.19. The number of hydrogen-bond donors (Lipinski definition) is 1. The van der Waals surface area contributed by atoms with Crippen molar-refractivity contribution in [2.24, 2.45) is 0 Å². The molecule has 0 fully saturated rings. The van der Waals surface area contributed by atoms with Crippen molar-refractivity contribution in [2.45, 2.75) is 65.5 Å². The third-order valence-corrected chi connectivity index (χ3v) is 3.66. The molecule has 1 aromatic rings. The summed E-state index contributed by atoms with van der Waals surface area (Å²) in [5.74, 6) is 0.933. The standard InChI is InChI=1S/C16H27O2Si/c1-15(2,3)11-9-12(16(4,5)6)14(13(17)10-11)18-19(7)8/h9-10,17H,1-8H3. The summed E-state index contributed by atoms with van der Waals surface area (Å²) in [6.07, 6.45) is 0. The van der Waals surface area contributed by atoms with Gasteiger partial charge in [-0.15, -0.1) is 0 Å². The van der Waals surface area contributed by atoms with Crippen molar-refractivity contribution >= 4 is 9.04 Å². The van der Waals surface area contributed by atoms with Gasteiger partial charge in [0, 0.05) is 5.56 Å². The summed E-state index contributed by atoms with van der Waals surface area (Å²) in [5.41, 5.74) is 2.19. The maximum absolute atomic E-state index is 10.3. The number of hydrogen-bond acceptors (Lipinski definition) is 2. The van der Waals surface area contributed by atoms with E-state index in [1.54, 1.807) is 0 Å². The van der Waals surface area contributed by atoms with Crippen LogP contribution in [-0.4, -0.2) is 14.1 Å². The largest absolute Gasteiger partial charge is 0.540 e. The summed E-state index contributed by atoms with van der Waals surface area (Å²) in [4.78, 5) is 0. The van der Waals surface area contributed by atoms with Gasteiger partial charge in [0.05, 0.1) is 0 Å². The Balaban J connectivity index is 3.48. The molecule has 0 heterocycles. The molecule has 0 aromatic heterocycles. The molecule has 107 valence electrons. The summed E-state index contributed by atoms with van der Waals surface area (Å²) in [7, 11) is -0.898. The lowest BCUT2D eigenvalue weighted by Crippen LogP contribution is -2.20. The van der Waals surface area contributed by atoms with Crippen LogP contribution in [0.25, 0.3) is 0 Å². The van der Waals surface area contributed by atoms with Crippen molar-refractivity contribution in [3.63, 3.8) is 0 Å². The van der Waals surface area contributed by atoms with Gasteiger partial charge in [0.25, 0.3) is 9.04 Å². The van der Waals surface area contributed by atoms with E-state index in [1.165, 1.54) is 0 Å². The van der Waals surface area contributed by atoms with Gasteiger partial charge >= 0.3 is 0 Å². The second-order valence-electron chi connectivity index (χ2n) is 7.38. The van der Waals surface area contributed by atoms with Crippen LogP contribution >= 0.6 is 0 Å². The van der Waals surface area contributed by atoms with Crippen molar-refractivity contribution in [1.29, 1.82) is 0 Å². The van der Waals surface area contributed by atoms with Crippen molar-refractivity contribution in [3.8, 4) is 11.5 Å². The monoisotopic (exact) mass is 279 g/mol. The van der Waals surface area contributed by atoms with E-state index >= 15 is 0 Å². The number of phenolic OH excluding ortho intramolecular Hbond substituents is 1. The van der Waals surface area contributed by atoms with Gasteiger partial charge < -0.3 is 9.53 Å². The molecule has 2 nitrogen and oxygen atoms in total. The van der Waals surface area contributed by atoms with Crippen molar-refractivity contribution in [3.05, 3.63) is 23.3 Å². The van der Waals surface area contributed by atoms with E-state index in [0.29, 0.717) is 5.75 Å². The Bertz CT molecular complexity index is 451. The fourth-order valence-electron chi connectivity index (χ4n) is 1.92. The zero-order chi connectivity index (χ0) is 15.0. The normalized spacial score (nSPS) is 12.9. The quantitative estimate of drug-likeness (QED) is 0.801. The van der Waals surface area contributed by atoms with Gasteiger partial charge in [0.1, 0.15) is 5.75 Å². The van der Waals surface area contributed by atoms with Gasteiger partial charge in [-0.2, -0.15) is 0 Å². The van der Waals surface area contributed by atoms with E-state index in [1.807, 2.05) is 6.07 Å². The van der Waals surface area contributed by atoms with Gasteiger partial charge in [-0.25, -0.2) is 0 Å². The SMILES string of the molecule is C[Si](C)Oc1c(O)cc(C(C)(C)C)cc1C(C)(C)C. The summed E-state index contributed by atoms with van der Waals surface area (Å²) in [6.45, 7) is 17.1. The molecule has 0 aliphatic carbocycles. The van der Waals surface area contributed by atoms with E-state index < -0.39 is 9.04 Å². The van der Waals surface area contributed by atoms with E-state index in [-0.39, 0.29) is 16.6 Å². The Morgan fingerprint density at radius 3 is 1.84 bits per heavy atom. The average Bonchev–Trinajstić information content (AvgIpc) is 2.16. The number of benzene rings is 1. The first-order valence-electron chi connectivity index (χ1n) is 6.79. The molecule has 0 aliphatic heterocycles. The van der Waals surface area contributed by atoms with Gasteiger partial charge in [-0.05, 0) is 35.6 Å². The maximum Gasteiger partial charge on any atom is 0.274 e. The third kappa shape index (κ3) is 4.00. The van der Waals surface area contributed by atoms with Crippen molar-refractivity contribution in [2.75, 3.05) is 0 Å². The summed E-state index contributed by atoms with van der Waals surface area (Å²) < 4.78 is 5.92. The van der Waals surface area contributed by atoms with Crippen LogP contribution in [-0.2, 0) is 10.8 Å². The van der Waals surface area contributed by atoms with Crippen LogP contribution in [0, 0.1) is 0 Å². The molecule has 0 saturated carbocycles. The Morgan fingerprint density at radius 1 is 0.947 bits per heavy atom. The van der Waals surface area contributed by atoms with Crippen LogP contribution in [0.15, 0.2) is 12.1 Å². The summed E-state index contributed by atoms with van der Waals surface area (Å²) in [6, 6.07) is 4.02. The smallest absolute Gasteiger partial charge is 0.274 e. The number of aromatic hydroxyl groups is 1. The molecule has 0 atom stereocenters. The molecule has 0 aliphatic rings. The molecule has 19 heavy (non-hydrogen) atoms. The highest BCUT2D eigenvalue weighted by molar-refractivity contribution is 6.49. The predicted octanol–water partition coefficient (Wildman–Crippen LogP) is 4.62. The summed E-state index contributed by atoms with van der Waals surface area (Å²) >= 11 is 0. The van der Waals surface area contributed by atoms with E-state index in [0.717, 1.165) is 11.1 Å². The highest BCUT2D eigenvalue weighted by Gasteiger charge is 2.26. The molecule has 3 heteroatoms. The molecule has 1 rings (SSSR count). The average molecular weight is 279 g/mol. The predicted molar refractivity (Wildman–Crippen MR) is 83.6 cm³/mol. The van der Waals surface area contributed by atoms with Crippen LogP contribution < -0.4 is 4.43 Å². The van der Waals surface area contributed by atoms with Crippen molar-refractivity contribution in [1.82, 2.24) is 0 Å². The first kappa shape index (κ1) is 16.1. The van der Waals surface area contributed by atoms with Crippen LogP contribution in [0.2, 0.25) is 13.1 Å². The Morgan fingerprint density at radius 2 is 1.47 bits per heavy atom. The fraction of sp³-hybridized carbons (Fsp3) is 0.625. The molecule has 0 saturated heterocycles. The molecule has 1 radical (unpaired) electrons. The Hall–Kier alpha value is -0.963. The van der Waals surface area contributed by atoms with E-state index in [9.17, 15) is 5.11 Å². The highest BCUT2D eigenvalue weighted by atomic mass is 28.3. The zero-order valence-electron chi connectivity index (χ0n) is 13.5. The van der Waals surface area contributed by atoms with Crippen molar-refractivity contribution < 1.29 is 9.53 Å². The lowest BCUT2D eigenvalue weighted by molar-refractivity contribution is 0.424. The van der Waals surface area contributed by atoms with Crippen LogP contribution in [0.4, 0.5) is 0 Å².